The first kappa shape index (κ1) is 19.8. The molecule has 0 saturated carbocycles. The molecule has 1 aromatic rings. The number of carbonyl (C=O) groups is 3. The maximum atomic E-state index is 11.7. The molecule has 1 aromatic carbocycles. The molecular formula is C16H21NO6S. The number of hydrogen-bond donors (Lipinski definition) is 3. The van der Waals surface area contributed by atoms with Crippen molar-refractivity contribution < 1.29 is 29.3 Å². The summed E-state index contributed by atoms with van der Waals surface area (Å²) in [7, 11) is 0. The van der Waals surface area contributed by atoms with E-state index in [0.717, 1.165) is 11.8 Å². The summed E-state index contributed by atoms with van der Waals surface area (Å²) < 4.78 is 5.02. The third-order valence-electron chi connectivity index (χ3n) is 2.75. The lowest BCUT2D eigenvalue weighted by molar-refractivity contribution is -0.139. The maximum Gasteiger partial charge on any atom is 0.408 e. The van der Waals surface area contributed by atoms with Gasteiger partial charge >= 0.3 is 18.0 Å². The highest BCUT2D eigenvalue weighted by Gasteiger charge is 2.27. The van der Waals surface area contributed by atoms with E-state index in [4.69, 9.17) is 4.74 Å². The quantitative estimate of drug-likeness (QED) is 0.689. The molecule has 0 saturated heterocycles. The normalized spacial score (nSPS) is 13.6. The van der Waals surface area contributed by atoms with E-state index in [1.165, 1.54) is 0 Å². The molecule has 1 amide bonds. The van der Waals surface area contributed by atoms with E-state index < -0.39 is 34.9 Å². The molecule has 0 aromatic heterocycles. The first-order chi connectivity index (χ1) is 11.1. The van der Waals surface area contributed by atoms with Crippen LogP contribution in [-0.2, 0) is 14.3 Å². The number of amides is 1. The number of carboxylic acid groups (broad SMARTS) is 2. The molecule has 8 heteroatoms. The second-order valence-electron chi connectivity index (χ2n) is 6.00. The molecule has 7 nitrogen and oxygen atoms in total. The van der Waals surface area contributed by atoms with E-state index in [1.54, 1.807) is 51.1 Å². The van der Waals surface area contributed by atoms with Crippen molar-refractivity contribution in [1.82, 2.24) is 5.32 Å². The third kappa shape index (κ3) is 6.91. The van der Waals surface area contributed by atoms with Gasteiger partial charge in [0, 0.05) is 5.75 Å². The fourth-order valence-corrected chi connectivity index (χ4v) is 2.86. The standard InChI is InChI=1S/C16H21NO6S/c1-16(2,3)23-15(22)17-11(13(18)19)9-24-12(14(20)21)10-7-5-4-6-8-10/h4-8,11-12H,9H2,1-3H3,(H,17,22)(H,18,19)(H,20,21)/t11-,12?/m0/s1. The second kappa shape index (κ2) is 8.58. The minimum absolute atomic E-state index is 0.111. The smallest absolute Gasteiger partial charge is 0.408 e. The molecule has 0 aliphatic carbocycles. The molecule has 24 heavy (non-hydrogen) atoms. The SMILES string of the molecule is CC(C)(C)OC(=O)N[C@@H](CSC(C(=O)O)c1ccccc1)C(=O)O. The summed E-state index contributed by atoms with van der Waals surface area (Å²) in [6, 6.07) is 7.23. The Morgan fingerprint density at radius 2 is 1.71 bits per heavy atom. The van der Waals surface area contributed by atoms with Crippen LogP contribution in [0.2, 0.25) is 0 Å². The largest absolute Gasteiger partial charge is 0.480 e. The highest BCUT2D eigenvalue weighted by molar-refractivity contribution is 8.00. The van der Waals surface area contributed by atoms with E-state index in [0.29, 0.717) is 5.56 Å². The van der Waals surface area contributed by atoms with Crippen LogP contribution in [0, 0.1) is 0 Å². The van der Waals surface area contributed by atoms with Crippen molar-refractivity contribution in [3.63, 3.8) is 0 Å². The van der Waals surface area contributed by atoms with Gasteiger partial charge in [0.25, 0.3) is 0 Å². The van der Waals surface area contributed by atoms with Crippen LogP contribution < -0.4 is 5.32 Å². The van der Waals surface area contributed by atoms with Gasteiger partial charge < -0.3 is 20.3 Å². The lowest BCUT2D eigenvalue weighted by Crippen LogP contribution is -2.45. The number of carbonyl (C=O) groups excluding carboxylic acids is 1. The Balaban J connectivity index is 2.72. The molecular weight excluding hydrogens is 334 g/mol. The molecule has 0 aliphatic heterocycles. The molecule has 0 bridgehead atoms. The van der Waals surface area contributed by atoms with Gasteiger partial charge in [-0.2, -0.15) is 0 Å². The summed E-state index contributed by atoms with van der Waals surface area (Å²) in [4.78, 5) is 34.4. The number of thioether (sulfide) groups is 1. The van der Waals surface area contributed by atoms with Gasteiger partial charge in [-0.05, 0) is 26.3 Å². The van der Waals surface area contributed by atoms with Crippen LogP contribution in [0.4, 0.5) is 4.79 Å². The number of ether oxygens (including phenoxy) is 1. The summed E-state index contributed by atoms with van der Waals surface area (Å²) in [5.74, 6) is -2.45. The van der Waals surface area contributed by atoms with Crippen molar-refractivity contribution >= 4 is 29.8 Å². The van der Waals surface area contributed by atoms with Crippen LogP contribution in [0.5, 0.6) is 0 Å². The predicted molar refractivity (Wildman–Crippen MR) is 90.1 cm³/mol. The molecule has 0 aliphatic rings. The first-order valence-corrected chi connectivity index (χ1v) is 8.26. The van der Waals surface area contributed by atoms with Gasteiger partial charge in [0.05, 0.1) is 0 Å². The van der Waals surface area contributed by atoms with E-state index >= 15 is 0 Å². The Labute approximate surface area is 144 Å². The first-order valence-electron chi connectivity index (χ1n) is 7.22. The van der Waals surface area contributed by atoms with Crippen molar-refractivity contribution in [2.45, 2.75) is 37.7 Å². The molecule has 3 N–H and O–H groups in total. The summed E-state index contributed by atoms with van der Waals surface area (Å²) in [6.07, 6.45) is -0.859. The molecule has 0 spiro atoms. The number of aliphatic carboxylic acids is 2. The summed E-state index contributed by atoms with van der Waals surface area (Å²) in [6.45, 7) is 4.98. The predicted octanol–water partition coefficient (Wildman–Crippen LogP) is 2.52. The average molecular weight is 355 g/mol. The molecule has 1 unspecified atom stereocenters. The van der Waals surface area contributed by atoms with Crippen LogP contribution >= 0.6 is 11.8 Å². The number of carboxylic acids is 2. The van der Waals surface area contributed by atoms with Crippen LogP contribution in [0.1, 0.15) is 31.6 Å². The Morgan fingerprint density at radius 1 is 1.12 bits per heavy atom. The zero-order valence-corrected chi connectivity index (χ0v) is 14.5. The molecule has 2 atom stereocenters. The Morgan fingerprint density at radius 3 is 2.17 bits per heavy atom. The number of nitrogens with one attached hydrogen (secondary N) is 1. The van der Waals surface area contributed by atoms with Crippen molar-refractivity contribution in [1.29, 1.82) is 0 Å². The Hall–Kier alpha value is -2.22. The molecule has 1 rings (SSSR count). The fourth-order valence-electron chi connectivity index (χ4n) is 1.75. The topological polar surface area (TPSA) is 113 Å². The fraction of sp³-hybridized carbons (Fsp3) is 0.438. The average Bonchev–Trinajstić information content (AvgIpc) is 2.44. The van der Waals surface area contributed by atoms with Crippen molar-refractivity contribution in [3.05, 3.63) is 35.9 Å². The lowest BCUT2D eigenvalue weighted by atomic mass is 10.1. The second-order valence-corrected chi connectivity index (χ2v) is 7.14. The van der Waals surface area contributed by atoms with Gasteiger partial charge in [-0.3, -0.25) is 4.79 Å². The van der Waals surface area contributed by atoms with Crippen molar-refractivity contribution in [2.75, 3.05) is 5.75 Å². The molecule has 0 fully saturated rings. The van der Waals surface area contributed by atoms with Gasteiger partial charge in [0.15, 0.2) is 0 Å². The van der Waals surface area contributed by atoms with Crippen molar-refractivity contribution in [2.24, 2.45) is 0 Å². The molecule has 0 heterocycles. The summed E-state index contributed by atoms with van der Waals surface area (Å²) in [5, 5.41) is 19.9. The molecule has 0 radical (unpaired) electrons. The van der Waals surface area contributed by atoms with Crippen LogP contribution in [0.3, 0.4) is 0 Å². The zero-order valence-electron chi connectivity index (χ0n) is 13.7. The van der Waals surface area contributed by atoms with Crippen LogP contribution in [0.25, 0.3) is 0 Å². The summed E-state index contributed by atoms with van der Waals surface area (Å²) in [5.41, 5.74) is -0.204. The van der Waals surface area contributed by atoms with E-state index in [9.17, 15) is 24.6 Å². The maximum absolute atomic E-state index is 11.7. The Kier molecular flexibility index (Phi) is 7.09. The number of rotatable bonds is 7. The lowest BCUT2D eigenvalue weighted by Gasteiger charge is -2.22. The van der Waals surface area contributed by atoms with Gasteiger partial charge in [-0.15, -0.1) is 11.8 Å². The highest BCUT2D eigenvalue weighted by atomic mass is 32.2. The third-order valence-corrected chi connectivity index (χ3v) is 4.08. The van der Waals surface area contributed by atoms with Gasteiger partial charge in [-0.25, -0.2) is 9.59 Å². The van der Waals surface area contributed by atoms with Gasteiger partial charge in [-0.1, -0.05) is 30.3 Å². The minimum atomic E-state index is -1.26. The number of benzene rings is 1. The van der Waals surface area contributed by atoms with Gasteiger partial charge in [0.2, 0.25) is 0 Å². The van der Waals surface area contributed by atoms with Gasteiger partial charge in [0.1, 0.15) is 16.9 Å². The van der Waals surface area contributed by atoms with E-state index in [2.05, 4.69) is 5.32 Å². The zero-order chi connectivity index (χ0) is 18.3. The number of hydrogen-bond acceptors (Lipinski definition) is 5. The monoisotopic (exact) mass is 355 g/mol. The van der Waals surface area contributed by atoms with Crippen LogP contribution in [-0.4, -0.2) is 45.6 Å². The minimum Gasteiger partial charge on any atom is -0.480 e. The highest BCUT2D eigenvalue weighted by Crippen LogP contribution is 2.29. The van der Waals surface area contributed by atoms with E-state index in [1.807, 2.05) is 0 Å². The van der Waals surface area contributed by atoms with Crippen LogP contribution in [0.15, 0.2) is 30.3 Å². The summed E-state index contributed by atoms with van der Waals surface area (Å²) >= 11 is 0.928. The molecule has 132 valence electrons. The number of alkyl carbamates (subject to hydrolysis) is 1. The Bertz CT molecular complexity index is 584. The van der Waals surface area contributed by atoms with Crippen molar-refractivity contribution in [3.8, 4) is 0 Å². The van der Waals surface area contributed by atoms with E-state index in [-0.39, 0.29) is 5.75 Å².